The van der Waals surface area contributed by atoms with Gasteiger partial charge in [0, 0.05) is 21.9 Å². The van der Waals surface area contributed by atoms with Crippen LogP contribution in [0.3, 0.4) is 0 Å². The van der Waals surface area contributed by atoms with Crippen molar-refractivity contribution in [3.05, 3.63) is 120 Å². The highest BCUT2D eigenvalue weighted by Gasteiger charge is 2.07. The summed E-state index contributed by atoms with van der Waals surface area (Å²) in [6.45, 7) is 6.21. The van der Waals surface area contributed by atoms with E-state index < -0.39 is 0 Å². The van der Waals surface area contributed by atoms with Gasteiger partial charge < -0.3 is 8.83 Å². The lowest BCUT2D eigenvalue weighted by Gasteiger charge is -1.96. The first-order valence-electron chi connectivity index (χ1n) is 11.3. The number of hydrogen-bond acceptors (Lipinski definition) is 2. The number of aryl methyl sites for hydroxylation is 3. The molecule has 34 heavy (non-hydrogen) atoms. The predicted octanol–water partition coefficient (Wildman–Crippen LogP) is 9.26. The Kier molecular flexibility index (Phi) is 5.77. The Balaban J connectivity index is 0.000000142. The Morgan fingerprint density at radius 1 is 0.471 bits per heavy atom. The summed E-state index contributed by atoms with van der Waals surface area (Å²) in [6, 6.07) is 31.1. The number of benzene rings is 4. The van der Waals surface area contributed by atoms with E-state index in [0.717, 1.165) is 44.6 Å². The van der Waals surface area contributed by atoms with E-state index in [1.165, 1.54) is 28.8 Å². The maximum atomic E-state index is 12.8. The lowest BCUT2D eigenvalue weighted by molar-refractivity contribution is 0.623. The number of hydrogen-bond donors (Lipinski definition) is 0. The van der Waals surface area contributed by atoms with E-state index in [9.17, 15) is 4.39 Å². The highest BCUT2D eigenvalue weighted by molar-refractivity contribution is 5.84. The molecule has 0 saturated heterocycles. The number of furan rings is 2. The summed E-state index contributed by atoms with van der Waals surface area (Å²) in [5.74, 6) is 1.47. The molecule has 0 spiro atoms. The predicted molar refractivity (Wildman–Crippen MR) is 137 cm³/mol. The number of halogens is 1. The van der Waals surface area contributed by atoms with E-state index in [2.05, 4.69) is 68.4 Å². The van der Waals surface area contributed by atoms with Crippen LogP contribution in [0.4, 0.5) is 4.39 Å². The third-order valence-electron chi connectivity index (χ3n) is 5.81. The molecule has 168 valence electrons. The number of rotatable bonds is 2. The summed E-state index contributed by atoms with van der Waals surface area (Å²) < 4.78 is 24.4. The molecule has 0 aliphatic heterocycles. The monoisotopic (exact) mass is 447 g/mol. The fraction of sp³-hybridized carbons (Fsp3) is 0.0968. The molecule has 6 aromatic rings. The topological polar surface area (TPSA) is 26.3 Å². The van der Waals surface area contributed by atoms with E-state index in [4.69, 9.17) is 8.83 Å². The van der Waals surface area contributed by atoms with Crippen molar-refractivity contribution in [1.29, 1.82) is 0 Å². The third kappa shape index (κ3) is 4.65. The molecule has 0 unspecified atom stereocenters. The SMILES string of the molecule is Cc1ccc(-c2cc3ccc(C)cc3o2)cc1.Cc1ccc2oc(-c3ccc([18F])cc3)cc2c1. The van der Waals surface area contributed by atoms with Crippen LogP contribution < -0.4 is 0 Å². The van der Waals surface area contributed by atoms with Gasteiger partial charge in [0.05, 0.1) is 0 Å². The van der Waals surface area contributed by atoms with Crippen LogP contribution in [0.1, 0.15) is 16.7 Å². The second-order valence-corrected chi connectivity index (χ2v) is 8.68. The molecular formula is C31H25FO2. The van der Waals surface area contributed by atoms with Crippen LogP contribution in [0.5, 0.6) is 0 Å². The minimum absolute atomic E-state index is 0.235. The van der Waals surface area contributed by atoms with Gasteiger partial charge >= 0.3 is 0 Å². The highest BCUT2D eigenvalue weighted by Crippen LogP contribution is 2.29. The van der Waals surface area contributed by atoms with Gasteiger partial charge in [-0.25, -0.2) is 4.39 Å². The second-order valence-electron chi connectivity index (χ2n) is 8.68. The molecule has 0 radical (unpaired) electrons. The molecule has 0 bridgehead atoms. The van der Waals surface area contributed by atoms with Gasteiger partial charge in [0.1, 0.15) is 28.5 Å². The van der Waals surface area contributed by atoms with Gasteiger partial charge in [0.25, 0.3) is 0 Å². The van der Waals surface area contributed by atoms with Crippen molar-refractivity contribution in [1.82, 2.24) is 0 Å². The second kappa shape index (κ2) is 9.03. The molecule has 6 rings (SSSR count). The first-order valence-corrected chi connectivity index (χ1v) is 11.3. The first kappa shape index (κ1) is 21.7. The largest absolute Gasteiger partial charge is 0.456 e. The van der Waals surface area contributed by atoms with E-state index in [1.807, 2.05) is 25.1 Å². The molecule has 3 heteroatoms. The van der Waals surface area contributed by atoms with Crippen molar-refractivity contribution >= 4 is 21.9 Å². The van der Waals surface area contributed by atoms with Crippen LogP contribution in [0.15, 0.2) is 106 Å². The summed E-state index contributed by atoms with van der Waals surface area (Å²) in [5.41, 5.74) is 7.52. The van der Waals surface area contributed by atoms with Crippen LogP contribution in [0.2, 0.25) is 0 Å². The van der Waals surface area contributed by atoms with Crippen molar-refractivity contribution in [3.8, 4) is 22.6 Å². The van der Waals surface area contributed by atoms with Gasteiger partial charge in [-0.1, -0.05) is 53.6 Å². The van der Waals surface area contributed by atoms with Crippen molar-refractivity contribution < 1.29 is 13.2 Å². The summed E-state index contributed by atoms with van der Waals surface area (Å²) >= 11 is 0. The molecule has 2 nitrogen and oxygen atoms in total. The first-order chi connectivity index (χ1) is 16.4. The minimum Gasteiger partial charge on any atom is -0.456 e. The van der Waals surface area contributed by atoms with Crippen LogP contribution in [0, 0.1) is 26.6 Å². The van der Waals surface area contributed by atoms with Gasteiger partial charge in [0.15, 0.2) is 0 Å². The van der Waals surface area contributed by atoms with Crippen LogP contribution in [0.25, 0.3) is 44.6 Å². The quantitative estimate of drug-likeness (QED) is 0.264. The van der Waals surface area contributed by atoms with Crippen molar-refractivity contribution in [2.24, 2.45) is 0 Å². The Hall–Kier alpha value is -4.11. The minimum atomic E-state index is -0.235. The van der Waals surface area contributed by atoms with Crippen LogP contribution in [-0.2, 0) is 0 Å². The van der Waals surface area contributed by atoms with E-state index in [0.29, 0.717) is 0 Å². The van der Waals surface area contributed by atoms with E-state index in [-0.39, 0.29) is 5.82 Å². The molecule has 0 N–H and O–H groups in total. The summed E-state index contributed by atoms with van der Waals surface area (Å²) in [4.78, 5) is 0. The Bertz CT molecular complexity index is 1450. The molecule has 0 amide bonds. The zero-order chi connectivity index (χ0) is 23.7. The average molecular weight is 448 g/mol. The van der Waals surface area contributed by atoms with Gasteiger partial charge in [0.2, 0.25) is 0 Å². The Labute approximate surface area is 198 Å². The maximum absolute atomic E-state index is 12.8. The van der Waals surface area contributed by atoms with Gasteiger partial charge in [-0.3, -0.25) is 0 Å². The standard InChI is InChI=1S/C16H14O.C15H11FO/c1-11-3-6-13(7-4-11)16-10-14-8-5-12(2)9-15(14)17-16;1-10-2-7-14-12(8-10)9-15(17-14)11-3-5-13(16)6-4-11/h3-10H,1-2H3;2-9H,1H3/i;16-1. The van der Waals surface area contributed by atoms with Gasteiger partial charge in [-0.05, 0) is 80.9 Å². The molecule has 0 atom stereocenters. The van der Waals surface area contributed by atoms with Crippen molar-refractivity contribution in [2.75, 3.05) is 0 Å². The number of fused-ring (bicyclic) bond motifs is 2. The lowest BCUT2D eigenvalue weighted by atomic mass is 10.1. The molecule has 2 aromatic heterocycles. The smallest absolute Gasteiger partial charge is 0.135 e. The third-order valence-corrected chi connectivity index (χ3v) is 5.81. The summed E-state index contributed by atoms with van der Waals surface area (Å²) in [6.07, 6.45) is 0. The van der Waals surface area contributed by atoms with Crippen LogP contribution in [-0.4, -0.2) is 0 Å². The fourth-order valence-corrected chi connectivity index (χ4v) is 3.92. The van der Waals surface area contributed by atoms with Crippen molar-refractivity contribution in [3.63, 3.8) is 0 Å². The normalized spacial score (nSPS) is 10.9. The molecule has 0 aliphatic rings. The zero-order valence-corrected chi connectivity index (χ0v) is 19.4. The Morgan fingerprint density at radius 3 is 1.71 bits per heavy atom. The molecular weight excluding hydrogens is 422 g/mol. The van der Waals surface area contributed by atoms with Gasteiger partial charge in [-0.2, -0.15) is 0 Å². The molecule has 0 saturated carbocycles. The highest BCUT2D eigenvalue weighted by atomic mass is 18.2. The maximum Gasteiger partial charge on any atom is 0.135 e. The molecule has 0 aliphatic carbocycles. The molecule has 0 fully saturated rings. The lowest BCUT2D eigenvalue weighted by Crippen LogP contribution is -1.74. The fourth-order valence-electron chi connectivity index (χ4n) is 3.92. The van der Waals surface area contributed by atoms with Gasteiger partial charge in [-0.15, -0.1) is 0 Å². The molecule has 2 heterocycles. The van der Waals surface area contributed by atoms with Crippen molar-refractivity contribution in [2.45, 2.75) is 20.8 Å². The summed E-state index contributed by atoms with van der Waals surface area (Å²) in [5, 5.41) is 2.23. The molecule has 4 aromatic carbocycles. The van der Waals surface area contributed by atoms with E-state index in [1.54, 1.807) is 12.1 Å². The summed E-state index contributed by atoms with van der Waals surface area (Å²) in [7, 11) is 0. The average Bonchev–Trinajstić information content (AvgIpc) is 3.44. The Morgan fingerprint density at radius 2 is 1.00 bits per heavy atom. The zero-order valence-electron chi connectivity index (χ0n) is 19.4. The van der Waals surface area contributed by atoms with E-state index >= 15 is 0 Å². The van der Waals surface area contributed by atoms with Crippen LogP contribution >= 0.6 is 0 Å².